The average molecular weight is 175 g/mol. The fourth-order valence-electron chi connectivity index (χ4n) is 1.43. The molecule has 0 radical (unpaired) electrons. The number of thiol groups is 1. The Kier molecular flexibility index (Phi) is 4.26. The van der Waals surface area contributed by atoms with Gasteiger partial charge >= 0.3 is 0 Å². The van der Waals surface area contributed by atoms with Crippen LogP contribution in [0.5, 0.6) is 0 Å². The van der Waals surface area contributed by atoms with E-state index < -0.39 is 0 Å². The Morgan fingerprint density at radius 2 is 2.09 bits per heavy atom. The zero-order chi connectivity index (χ0) is 8.10. The normalized spacial score (nSPS) is 21.0. The van der Waals surface area contributed by atoms with Crippen molar-refractivity contribution in [3.05, 3.63) is 0 Å². The van der Waals surface area contributed by atoms with Gasteiger partial charge in [0, 0.05) is 25.6 Å². The molecule has 0 saturated carbocycles. The molecule has 1 aliphatic rings. The lowest BCUT2D eigenvalue weighted by Crippen LogP contribution is -2.28. The Morgan fingerprint density at radius 1 is 1.45 bits per heavy atom. The quantitative estimate of drug-likeness (QED) is 0.511. The summed E-state index contributed by atoms with van der Waals surface area (Å²) in [5.41, 5.74) is 0. The molecule has 0 aromatic heterocycles. The van der Waals surface area contributed by atoms with Crippen LogP contribution >= 0.6 is 12.6 Å². The highest BCUT2D eigenvalue weighted by Gasteiger charge is 2.14. The molecule has 0 N–H and O–H groups in total. The maximum Gasteiger partial charge on any atom is 0.0469 e. The summed E-state index contributed by atoms with van der Waals surface area (Å²) in [6.07, 6.45) is 2.44. The highest BCUT2D eigenvalue weighted by atomic mass is 32.1. The van der Waals surface area contributed by atoms with Gasteiger partial charge in [-0.2, -0.15) is 12.6 Å². The zero-order valence-corrected chi connectivity index (χ0v) is 8.02. The molecule has 0 aliphatic carbocycles. The summed E-state index contributed by atoms with van der Waals surface area (Å²) in [4.78, 5) is 2.25. The molecule has 2 nitrogen and oxygen atoms in total. The summed E-state index contributed by atoms with van der Waals surface area (Å²) in [6, 6.07) is 0. The first-order chi connectivity index (χ1) is 5.33. The van der Waals surface area contributed by atoms with Gasteiger partial charge in [-0.05, 0) is 25.8 Å². The SMILES string of the molecule is CN(CS)CC1CCOCC1. The molecule has 11 heavy (non-hydrogen) atoms. The Balaban J connectivity index is 2.13. The molecule has 0 aromatic rings. The zero-order valence-electron chi connectivity index (χ0n) is 7.12. The van der Waals surface area contributed by atoms with Crippen LogP contribution in [-0.2, 0) is 4.74 Å². The van der Waals surface area contributed by atoms with E-state index in [0.717, 1.165) is 25.0 Å². The molecule has 3 heteroatoms. The molecule has 0 atom stereocenters. The van der Waals surface area contributed by atoms with Crippen LogP contribution in [0.3, 0.4) is 0 Å². The van der Waals surface area contributed by atoms with Crippen molar-refractivity contribution >= 4 is 12.6 Å². The topological polar surface area (TPSA) is 12.5 Å². The molecular weight excluding hydrogens is 158 g/mol. The monoisotopic (exact) mass is 175 g/mol. The second-order valence-corrected chi connectivity index (χ2v) is 3.52. The number of hydrogen-bond acceptors (Lipinski definition) is 3. The van der Waals surface area contributed by atoms with Crippen molar-refractivity contribution in [1.29, 1.82) is 0 Å². The highest BCUT2D eigenvalue weighted by molar-refractivity contribution is 7.80. The molecule has 0 unspecified atom stereocenters. The number of ether oxygens (including phenoxy) is 1. The van der Waals surface area contributed by atoms with Gasteiger partial charge in [-0.1, -0.05) is 0 Å². The maximum atomic E-state index is 5.28. The second-order valence-electron chi connectivity index (χ2n) is 3.24. The van der Waals surface area contributed by atoms with Crippen LogP contribution in [0.1, 0.15) is 12.8 Å². The van der Waals surface area contributed by atoms with Crippen LogP contribution in [-0.4, -0.2) is 37.6 Å². The first-order valence-electron chi connectivity index (χ1n) is 4.20. The third-order valence-corrected chi connectivity index (χ3v) is 2.64. The van der Waals surface area contributed by atoms with E-state index >= 15 is 0 Å². The van der Waals surface area contributed by atoms with Crippen molar-refractivity contribution in [2.75, 3.05) is 32.7 Å². The Labute approximate surface area is 74.3 Å². The second kappa shape index (κ2) is 5.01. The van der Waals surface area contributed by atoms with E-state index in [-0.39, 0.29) is 0 Å². The van der Waals surface area contributed by atoms with E-state index in [0.29, 0.717) is 0 Å². The van der Waals surface area contributed by atoms with E-state index in [1.54, 1.807) is 0 Å². The molecule has 1 aliphatic heterocycles. The standard InChI is InChI=1S/C8H17NOS/c1-9(7-11)6-8-2-4-10-5-3-8/h8,11H,2-7H2,1H3. The number of hydrogen-bond donors (Lipinski definition) is 1. The third kappa shape index (κ3) is 3.45. The lowest BCUT2D eigenvalue weighted by molar-refractivity contribution is 0.0577. The van der Waals surface area contributed by atoms with Gasteiger partial charge in [0.1, 0.15) is 0 Å². The van der Waals surface area contributed by atoms with Crippen LogP contribution in [0, 0.1) is 5.92 Å². The largest absolute Gasteiger partial charge is 0.381 e. The van der Waals surface area contributed by atoms with Crippen LogP contribution in [0.4, 0.5) is 0 Å². The maximum absolute atomic E-state index is 5.28. The van der Waals surface area contributed by atoms with Crippen molar-refractivity contribution in [2.45, 2.75) is 12.8 Å². The van der Waals surface area contributed by atoms with E-state index in [4.69, 9.17) is 4.74 Å². The number of nitrogens with zero attached hydrogens (tertiary/aromatic N) is 1. The van der Waals surface area contributed by atoms with Crippen LogP contribution in [0.25, 0.3) is 0 Å². The average Bonchev–Trinajstić information content (AvgIpc) is 2.06. The summed E-state index contributed by atoms with van der Waals surface area (Å²) in [6.45, 7) is 3.07. The van der Waals surface area contributed by atoms with Crippen molar-refractivity contribution in [3.8, 4) is 0 Å². The molecule has 0 bridgehead atoms. The van der Waals surface area contributed by atoms with Crippen molar-refractivity contribution in [2.24, 2.45) is 5.92 Å². The fourth-order valence-corrected chi connectivity index (χ4v) is 1.54. The summed E-state index contributed by atoms with van der Waals surface area (Å²) < 4.78 is 5.28. The van der Waals surface area contributed by atoms with E-state index in [9.17, 15) is 0 Å². The Bertz CT molecular complexity index is 104. The van der Waals surface area contributed by atoms with Gasteiger partial charge in [-0.25, -0.2) is 0 Å². The van der Waals surface area contributed by atoms with Gasteiger partial charge in [-0.15, -0.1) is 0 Å². The summed E-state index contributed by atoms with van der Waals surface area (Å²) in [7, 11) is 2.11. The van der Waals surface area contributed by atoms with E-state index in [1.165, 1.54) is 19.4 Å². The van der Waals surface area contributed by atoms with Crippen molar-refractivity contribution in [3.63, 3.8) is 0 Å². The van der Waals surface area contributed by atoms with Crippen LogP contribution < -0.4 is 0 Å². The van der Waals surface area contributed by atoms with Gasteiger partial charge in [0.2, 0.25) is 0 Å². The third-order valence-electron chi connectivity index (χ3n) is 2.15. The van der Waals surface area contributed by atoms with Gasteiger partial charge in [0.15, 0.2) is 0 Å². The van der Waals surface area contributed by atoms with Crippen LogP contribution in [0.2, 0.25) is 0 Å². The fraction of sp³-hybridized carbons (Fsp3) is 1.00. The first kappa shape index (κ1) is 9.36. The van der Waals surface area contributed by atoms with Crippen LogP contribution in [0.15, 0.2) is 0 Å². The minimum atomic E-state index is 0.834. The Morgan fingerprint density at radius 3 is 2.64 bits per heavy atom. The molecule has 0 spiro atoms. The summed E-state index contributed by atoms with van der Waals surface area (Å²) in [5, 5.41) is 0. The van der Waals surface area contributed by atoms with Gasteiger partial charge in [0.25, 0.3) is 0 Å². The van der Waals surface area contributed by atoms with Gasteiger partial charge < -0.3 is 4.74 Å². The Hall–Kier alpha value is 0.270. The van der Waals surface area contributed by atoms with E-state index in [2.05, 4.69) is 24.6 Å². The molecule has 66 valence electrons. The van der Waals surface area contributed by atoms with Gasteiger partial charge in [-0.3, -0.25) is 4.90 Å². The van der Waals surface area contributed by atoms with Crippen molar-refractivity contribution < 1.29 is 4.74 Å². The summed E-state index contributed by atoms with van der Waals surface area (Å²) >= 11 is 4.21. The minimum Gasteiger partial charge on any atom is -0.381 e. The minimum absolute atomic E-state index is 0.834. The molecular formula is C8H17NOS. The van der Waals surface area contributed by atoms with Crippen molar-refractivity contribution in [1.82, 2.24) is 4.90 Å². The lowest BCUT2D eigenvalue weighted by Gasteiger charge is -2.25. The van der Waals surface area contributed by atoms with E-state index in [1.807, 2.05) is 0 Å². The lowest BCUT2D eigenvalue weighted by atomic mass is 10.0. The smallest absolute Gasteiger partial charge is 0.0469 e. The molecule has 1 rings (SSSR count). The number of rotatable bonds is 3. The molecule has 1 fully saturated rings. The predicted octanol–water partition coefficient (Wildman–Crippen LogP) is 1.23. The van der Waals surface area contributed by atoms with Gasteiger partial charge in [0.05, 0.1) is 0 Å². The summed E-state index contributed by atoms with van der Waals surface area (Å²) in [5.74, 6) is 1.69. The molecule has 0 aromatic carbocycles. The highest BCUT2D eigenvalue weighted by Crippen LogP contribution is 2.15. The molecule has 1 heterocycles. The predicted molar refractivity (Wildman–Crippen MR) is 50.0 cm³/mol. The first-order valence-corrected chi connectivity index (χ1v) is 4.83. The molecule has 1 saturated heterocycles. The molecule has 0 amide bonds.